The molecule has 4 aliphatic carbocycles. The van der Waals surface area contributed by atoms with Gasteiger partial charge in [0.25, 0.3) is 0 Å². The van der Waals surface area contributed by atoms with E-state index in [1.807, 2.05) is 13.8 Å². The summed E-state index contributed by atoms with van der Waals surface area (Å²) in [7, 11) is 0. The summed E-state index contributed by atoms with van der Waals surface area (Å²) in [5, 5.41) is 0. The van der Waals surface area contributed by atoms with E-state index < -0.39 is 0 Å². The van der Waals surface area contributed by atoms with E-state index in [1.54, 1.807) is 0 Å². The largest absolute Gasteiger partial charge is 0.465 e. The molecule has 4 heteroatoms. The molecule has 0 N–H and O–H groups in total. The Morgan fingerprint density at radius 1 is 0.778 bits per heavy atom. The monoisotopic (exact) mass is 372 g/mol. The van der Waals surface area contributed by atoms with E-state index in [9.17, 15) is 9.59 Å². The molecule has 0 aromatic heterocycles. The van der Waals surface area contributed by atoms with Crippen LogP contribution in [0.1, 0.15) is 46.0 Å². The van der Waals surface area contributed by atoms with Crippen molar-refractivity contribution in [1.29, 1.82) is 0 Å². The van der Waals surface area contributed by atoms with Gasteiger partial charge in [-0.25, -0.2) is 0 Å². The fourth-order valence-electron chi connectivity index (χ4n) is 5.56. The molecule has 8 unspecified atom stereocenters. The zero-order valence-corrected chi connectivity index (χ0v) is 16.5. The molecule has 8 atom stereocenters. The van der Waals surface area contributed by atoms with Crippen molar-refractivity contribution in [2.75, 3.05) is 13.2 Å². The smallest absolute Gasteiger partial charge is 0.308 e. The number of esters is 2. The van der Waals surface area contributed by atoms with Crippen LogP contribution in [0.25, 0.3) is 0 Å². The first-order valence-electron chi connectivity index (χ1n) is 10.7. The Balaban J connectivity index is 1.15. The highest BCUT2D eigenvalue weighted by Crippen LogP contribution is 2.44. The van der Waals surface area contributed by atoms with Crippen LogP contribution in [0.3, 0.4) is 0 Å². The van der Waals surface area contributed by atoms with Crippen molar-refractivity contribution in [1.82, 2.24) is 0 Å². The Morgan fingerprint density at radius 3 is 1.56 bits per heavy atom. The lowest BCUT2D eigenvalue weighted by Crippen LogP contribution is -2.26. The maximum atomic E-state index is 12.3. The minimum absolute atomic E-state index is 0.181. The first-order valence-corrected chi connectivity index (χ1v) is 10.7. The van der Waals surface area contributed by atoms with Crippen LogP contribution in [0.2, 0.25) is 0 Å². The van der Waals surface area contributed by atoms with Gasteiger partial charge in [0.2, 0.25) is 0 Å². The first-order chi connectivity index (χ1) is 13.0. The molecule has 0 aromatic carbocycles. The summed E-state index contributed by atoms with van der Waals surface area (Å²) in [5.74, 6) is 2.62. The van der Waals surface area contributed by atoms with Gasteiger partial charge in [-0.05, 0) is 67.6 Å². The van der Waals surface area contributed by atoms with Crippen LogP contribution in [0, 0.1) is 47.3 Å². The second-order valence-electron chi connectivity index (χ2n) is 9.38. The number of carbonyl (C=O) groups is 2. The van der Waals surface area contributed by atoms with Crippen LogP contribution >= 0.6 is 0 Å². The van der Waals surface area contributed by atoms with E-state index in [2.05, 4.69) is 24.3 Å². The summed E-state index contributed by atoms with van der Waals surface area (Å²) in [6.07, 6.45) is 14.4. The third kappa shape index (κ3) is 4.14. The zero-order valence-electron chi connectivity index (χ0n) is 16.5. The lowest BCUT2D eigenvalue weighted by atomic mass is 9.94. The molecular formula is C23H32O4. The molecule has 4 nitrogen and oxygen atoms in total. The summed E-state index contributed by atoms with van der Waals surface area (Å²) in [4.78, 5) is 24.6. The Morgan fingerprint density at radius 2 is 1.22 bits per heavy atom. The van der Waals surface area contributed by atoms with Crippen molar-refractivity contribution in [2.24, 2.45) is 47.3 Å². The quantitative estimate of drug-likeness (QED) is 0.474. The van der Waals surface area contributed by atoms with Crippen molar-refractivity contribution in [3.8, 4) is 0 Å². The maximum Gasteiger partial charge on any atom is 0.308 e. The van der Waals surface area contributed by atoms with Gasteiger partial charge in [-0.3, -0.25) is 9.59 Å². The normalized spacial score (nSPS) is 37.6. The standard InChI is InChI=1S/C23H32O4/c1-14(22(24)26-12-20-10-16-3-5-18(20)8-16)7-15(2)23(25)27-13-21-11-17-4-6-19(21)9-17/h3-6,14-21H,7-13H2,1-2H3. The van der Waals surface area contributed by atoms with Gasteiger partial charge in [0.05, 0.1) is 25.0 Å². The van der Waals surface area contributed by atoms with Gasteiger partial charge in [0.15, 0.2) is 0 Å². The van der Waals surface area contributed by atoms with E-state index in [1.165, 1.54) is 12.8 Å². The van der Waals surface area contributed by atoms with Crippen LogP contribution in [0.15, 0.2) is 24.3 Å². The Labute approximate surface area is 162 Å². The molecule has 0 saturated heterocycles. The van der Waals surface area contributed by atoms with Crippen LogP contribution in [-0.2, 0) is 19.1 Å². The highest BCUT2D eigenvalue weighted by molar-refractivity contribution is 5.75. The van der Waals surface area contributed by atoms with Gasteiger partial charge in [-0.15, -0.1) is 0 Å². The number of ether oxygens (including phenoxy) is 2. The molecule has 0 spiro atoms. The predicted molar refractivity (Wildman–Crippen MR) is 103 cm³/mol. The Kier molecular flexibility index (Phi) is 5.43. The van der Waals surface area contributed by atoms with Gasteiger partial charge in [-0.1, -0.05) is 38.2 Å². The molecule has 0 amide bonds. The molecule has 0 aromatic rings. The second kappa shape index (κ2) is 7.81. The molecule has 0 radical (unpaired) electrons. The number of carbonyl (C=O) groups excluding carboxylic acids is 2. The van der Waals surface area contributed by atoms with Gasteiger partial charge in [-0.2, -0.15) is 0 Å². The lowest BCUT2D eigenvalue weighted by Gasteiger charge is -2.21. The average Bonchev–Trinajstić information content (AvgIpc) is 3.44. The number of hydrogen-bond acceptors (Lipinski definition) is 4. The van der Waals surface area contributed by atoms with Crippen molar-refractivity contribution >= 4 is 11.9 Å². The van der Waals surface area contributed by atoms with Crippen molar-refractivity contribution < 1.29 is 19.1 Å². The zero-order chi connectivity index (χ0) is 19.0. The van der Waals surface area contributed by atoms with E-state index in [0.29, 0.717) is 55.1 Å². The highest BCUT2D eigenvalue weighted by atomic mass is 16.5. The number of fused-ring (bicyclic) bond motifs is 4. The van der Waals surface area contributed by atoms with E-state index in [4.69, 9.17) is 9.47 Å². The Hall–Kier alpha value is -1.58. The van der Waals surface area contributed by atoms with Gasteiger partial charge < -0.3 is 9.47 Å². The highest BCUT2D eigenvalue weighted by Gasteiger charge is 2.37. The molecule has 4 aliphatic rings. The molecular weight excluding hydrogens is 340 g/mol. The van der Waals surface area contributed by atoms with E-state index in [-0.39, 0.29) is 23.8 Å². The van der Waals surface area contributed by atoms with Crippen LogP contribution in [-0.4, -0.2) is 25.2 Å². The fraction of sp³-hybridized carbons (Fsp3) is 0.739. The number of allylic oxidation sites excluding steroid dienone is 4. The van der Waals surface area contributed by atoms with E-state index in [0.717, 1.165) is 12.8 Å². The van der Waals surface area contributed by atoms with Gasteiger partial charge in [0, 0.05) is 0 Å². The second-order valence-corrected chi connectivity index (χ2v) is 9.38. The van der Waals surface area contributed by atoms with Crippen molar-refractivity contribution in [2.45, 2.75) is 46.0 Å². The van der Waals surface area contributed by atoms with Crippen LogP contribution in [0.5, 0.6) is 0 Å². The third-order valence-corrected chi connectivity index (χ3v) is 7.22. The number of rotatable bonds is 8. The molecule has 0 heterocycles. The summed E-state index contributed by atoms with van der Waals surface area (Å²) < 4.78 is 11.1. The topological polar surface area (TPSA) is 52.6 Å². The van der Waals surface area contributed by atoms with Gasteiger partial charge in [0.1, 0.15) is 0 Å². The molecule has 27 heavy (non-hydrogen) atoms. The Bertz CT molecular complexity index is 582. The first kappa shape index (κ1) is 18.8. The van der Waals surface area contributed by atoms with Crippen molar-refractivity contribution in [3.05, 3.63) is 24.3 Å². The molecule has 2 fully saturated rings. The van der Waals surface area contributed by atoms with Crippen LogP contribution < -0.4 is 0 Å². The molecule has 4 bridgehead atoms. The average molecular weight is 373 g/mol. The van der Waals surface area contributed by atoms with Crippen LogP contribution in [0.4, 0.5) is 0 Å². The minimum atomic E-state index is -0.271. The lowest BCUT2D eigenvalue weighted by molar-refractivity contribution is -0.153. The predicted octanol–water partition coefficient (Wildman–Crippen LogP) is 4.16. The summed E-state index contributed by atoms with van der Waals surface area (Å²) in [6.45, 7) is 4.75. The molecule has 4 rings (SSSR count). The third-order valence-electron chi connectivity index (χ3n) is 7.22. The summed E-state index contributed by atoms with van der Waals surface area (Å²) in [6, 6.07) is 0. The summed E-state index contributed by atoms with van der Waals surface area (Å²) >= 11 is 0. The number of hydrogen-bond donors (Lipinski definition) is 0. The minimum Gasteiger partial charge on any atom is -0.465 e. The SMILES string of the molecule is CC(CC(C)C(=O)OCC1CC2C=CC1C2)C(=O)OCC1CC2C=CC1C2. The van der Waals surface area contributed by atoms with Crippen molar-refractivity contribution in [3.63, 3.8) is 0 Å². The fourth-order valence-corrected chi connectivity index (χ4v) is 5.56. The van der Waals surface area contributed by atoms with Gasteiger partial charge >= 0.3 is 11.9 Å². The maximum absolute atomic E-state index is 12.3. The summed E-state index contributed by atoms with van der Waals surface area (Å²) in [5.41, 5.74) is 0. The molecule has 148 valence electrons. The molecule has 0 aliphatic heterocycles. The molecule has 2 saturated carbocycles. The van der Waals surface area contributed by atoms with E-state index >= 15 is 0 Å².